The third kappa shape index (κ3) is 3.64. The molecule has 1 fully saturated rings. The Morgan fingerprint density at radius 1 is 1.31 bits per heavy atom. The molecule has 0 bridgehead atoms. The number of nitrogens with zero attached hydrogens (tertiary/aromatic N) is 6. The van der Waals surface area contributed by atoms with E-state index in [2.05, 4.69) is 15.5 Å². The van der Waals surface area contributed by atoms with Crippen LogP contribution in [0.2, 0.25) is 0 Å². The summed E-state index contributed by atoms with van der Waals surface area (Å²) in [7, 11) is 0. The molecule has 26 heavy (non-hydrogen) atoms. The molecule has 1 aliphatic heterocycles. The van der Waals surface area contributed by atoms with Gasteiger partial charge in [-0.15, -0.1) is 5.10 Å². The molecule has 1 aliphatic carbocycles. The maximum absolute atomic E-state index is 12.8. The number of carbonyl (C=O) groups is 1. The Morgan fingerprint density at radius 3 is 2.69 bits per heavy atom. The highest BCUT2D eigenvalue weighted by molar-refractivity contribution is 5.82. The first-order chi connectivity index (χ1) is 12.3. The molecule has 7 nitrogen and oxygen atoms in total. The highest BCUT2D eigenvalue weighted by Crippen LogP contribution is 2.33. The molecule has 2 atom stereocenters. The monoisotopic (exact) mass is 370 g/mol. The van der Waals surface area contributed by atoms with Gasteiger partial charge in [-0.1, -0.05) is 12.2 Å². The largest absolute Gasteiger partial charge is 0.395 e. The number of hydrogen-bond donors (Lipinski definition) is 0. The maximum Gasteiger partial charge on any atom is 0.395 e. The highest BCUT2D eigenvalue weighted by Gasteiger charge is 2.38. The van der Waals surface area contributed by atoms with Crippen LogP contribution in [0.3, 0.4) is 0 Å². The van der Waals surface area contributed by atoms with Crippen molar-refractivity contribution in [3.05, 3.63) is 24.1 Å². The van der Waals surface area contributed by atoms with E-state index in [-0.39, 0.29) is 18.4 Å². The van der Waals surface area contributed by atoms with E-state index in [1.807, 2.05) is 18.7 Å². The number of likely N-dealkylation sites (N-methyl/N-ethyl adjacent to an activating group) is 1. The van der Waals surface area contributed by atoms with Gasteiger partial charge in [0.25, 0.3) is 0 Å². The fourth-order valence-electron chi connectivity index (χ4n) is 3.20. The Hall–Kier alpha value is -2.23. The van der Waals surface area contributed by atoms with Crippen molar-refractivity contribution in [2.75, 3.05) is 19.6 Å². The normalized spacial score (nSPS) is 24.9. The van der Waals surface area contributed by atoms with Crippen LogP contribution in [0.25, 0.3) is 5.70 Å². The van der Waals surface area contributed by atoms with Crippen LogP contribution in [0, 0.1) is 5.92 Å². The van der Waals surface area contributed by atoms with Gasteiger partial charge in [-0.3, -0.25) is 9.69 Å². The molecule has 0 radical (unpaired) electrons. The molecule has 3 rings (SSSR count). The first kappa shape index (κ1) is 18.6. The number of aromatic nitrogens is 4. The van der Waals surface area contributed by atoms with Crippen LogP contribution in [0.1, 0.15) is 26.1 Å². The number of tetrazole rings is 1. The van der Waals surface area contributed by atoms with Gasteiger partial charge in [-0.05, 0) is 36.8 Å². The number of carbonyl (C=O) groups excluding carboxylic acids is 1. The zero-order chi connectivity index (χ0) is 18.9. The van der Waals surface area contributed by atoms with Gasteiger partial charge in [0.15, 0.2) is 5.82 Å². The van der Waals surface area contributed by atoms with Crippen molar-refractivity contribution in [2.24, 2.45) is 5.92 Å². The molecule has 0 N–H and O–H groups in total. The van der Waals surface area contributed by atoms with E-state index in [0.717, 1.165) is 6.08 Å². The number of hydrogen-bond acceptors (Lipinski definition) is 5. The summed E-state index contributed by atoms with van der Waals surface area (Å²) in [4.78, 5) is 16.1. The van der Waals surface area contributed by atoms with Crippen LogP contribution in [-0.4, -0.2) is 67.8 Å². The van der Waals surface area contributed by atoms with Gasteiger partial charge in [0.1, 0.15) is 0 Å². The van der Waals surface area contributed by atoms with E-state index in [4.69, 9.17) is 0 Å². The van der Waals surface area contributed by atoms with Crippen LogP contribution >= 0.6 is 0 Å². The first-order valence-electron chi connectivity index (χ1n) is 8.56. The molecule has 2 heterocycles. The third-order valence-electron chi connectivity index (χ3n) is 4.88. The van der Waals surface area contributed by atoms with Crippen LogP contribution in [0.5, 0.6) is 0 Å². The molecule has 1 aromatic heterocycles. The van der Waals surface area contributed by atoms with E-state index in [9.17, 15) is 18.0 Å². The Kier molecular flexibility index (Phi) is 5.12. The molecule has 1 amide bonds. The Labute approximate surface area is 149 Å². The van der Waals surface area contributed by atoms with Crippen molar-refractivity contribution >= 4 is 11.6 Å². The minimum atomic E-state index is -4.25. The van der Waals surface area contributed by atoms with Crippen LogP contribution in [0.4, 0.5) is 13.2 Å². The van der Waals surface area contributed by atoms with Crippen molar-refractivity contribution in [1.82, 2.24) is 30.0 Å². The van der Waals surface area contributed by atoms with Gasteiger partial charge in [-0.25, -0.2) is 0 Å². The lowest BCUT2D eigenvalue weighted by atomic mass is 9.99. The summed E-state index contributed by atoms with van der Waals surface area (Å²) in [6, 6.07) is -0.292. The maximum atomic E-state index is 12.8. The molecule has 0 saturated carbocycles. The molecule has 142 valence electrons. The number of allylic oxidation sites excluding steroid dienone is 4. The molecule has 2 unspecified atom stereocenters. The Bertz CT molecular complexity index is 726. The van der Waals surface area contributed by atoms with E-state index in [0.29, 0.717) is 37.7 Å². The van der Waals surface area contributed by atoms with E-state index in [1.165, 1.54) is 16.8 Å². The van der Waals surface area contributed by atoms with Gasteiger partial charge in [0.2, 0.25) is 5.91 Å². The average molecular weight is 370 g/mol. The molecule has 2 aliphatic rings. The molecular formula is C16H21F3N6O. The van der Waals surface area contributed by atoms with Gasteiger partial charge in [0, 0.05) is 19.6 Å². The van der Waals surface area contributed by atoms with E-state index < -0.39 is 12.1 Å². The van der Waals surface area contributed by atoms with Crippen molar-refractivity contribution in [1.29, 1.82) is 0 Å². The van der Waals surface area contributed by atoms with E-state index >= 15 is 0 Å². The number of rotatable bonds is 4. The lowest BCUT2D eigenvalue weighted by Gasteiger charge is -2.38. The van der Waals surface area contributed by atoms with E-state index in [1.54, 1.807) is 4.90 Å². The summed E-state index contributed by atoms with van der Waals surface area (Å²) in [5.74, 6) is -0.926. The summed E-state index contributed by atoms with van der Waals surface area (Å²) in [6.07, 6.45) is -0.380. The fraction of sp³-hybridized carbons (Fsp3) is 0.625. The Balaban J connectivity index is 1.71. The molecular weight excluding hydrogens is 349 g/mol. The summed E-state index contributed by atoms with van der Waals surface area (Å²) >= 11 is 0. The molecule has 1 saturated heterocycles. The lowest BCUT2D eigenvalue weighted by Crippen LogP contribution is -2.55. The number of piperazine rings is 1. The van der Waals surface area contributed by atoms with Gasteiger partial charge >= 0.3 is 6.18 Å². The quantitative estimate of drug-likeness (QED) is 0.807. The van der Waals surface area contributed by atoms with Crippen molar-refractivity contribution in [3.63, 3.8) is 0 Å². The smallest absolute Gasteiger partial charge is 0.340 e. The molecule has 0 aromatic carbocycles. The number of amides is 1. The second-order valence-corrected chi connectivity index (χ2v) is 6.44. The van der Waals surface area contributed by atoms with Gasteiger partial charge in [0.05, 0.1) is 24.2 Å². The minimum absolute atomic E-state index is 0.0579. The summed E-state index contributed by atoms with van der Waals surface area (Å²) < 4.78 is 39.7. The Morgan fingerprint density at radius 2 is 2.08 bits per heavy atom. The number of alkyl halides is 3. The van der Waals surface area contributed by atoms with Crippen molar-refractivity contribution in [2.45, 2.75) is 39.0 Å². The van der Waals surface area contributed by atoms with Gasteiger partial charge < -0.3 is 4.90 Å². The topological polar surface area (TPSA) is 67.2 Å². The first-order valence-corrected chi connectivity index (χ1v) is 8.56. The molecule has 10 heteroatoms. The van der Waals surface area contributed by atoms with Gasteiger partial charge in [-0.2, -0.15) is 17.9 Å². The zero-order valence-electron chi connectivity index (χ0n) is 14.6. The second-order valence-electron chi connectivity index (χ2n) is 6.44. The lowest BCUT2D eigenvalue weighted by molar-refractivity contribution is -0.160. The van der Waals surface area contributed by atoms with Crippen molar-refractivity contribution in [3.8, 4) is 0 Å². The molecule has 0 spiro atoms. The minimum Gasteiger partial charge on any atom is -0.340 e. The summed E-state index contributed by atoms with van der Waals surface area (Å²) in [6.45, 7) is 6.14. The summed E-state index contributed by atoms with van der Waals surface area (Å²) in [5, 5.41) is 11.5. The average Bonchev–Trinajstić information content (AvgIpc) is 3.07. The SMILES string of the molecule is CCN1CCN(Cc2nnnn2C2=CCC(C(F)(F)F)C=C2)C(C)C1=O. The van der Waals surface area contributed by atoms with Crippen LogP contribution < -0.4 is 0 Å². The predicted octanol–water partition coefficient (Wildman–Crippen LogP) is 1.70. The molecule has 1 aromatic rings. The fourth-order valence-corrected chi connectivity index (χ4v) is 3.20. The number of halogens is 3. The highest BCUT2D eigenvalue weighted by atomic mass is 19.4. The van der Waals surface area contributed by atoms with Crippen LogP contribution in [-0.2, 0) is 11.3 Å². The van der Waals surface area contributed by atoms with Crippen molar-refractivity contribution < 1.29 is 18.0 Å². The predicted molar refractivity (Wildman–Crippen MR) is 87.5 cm³/mol. The standard InChI is InChI=1S/C16H21F3N6O/c1-3-23-8-9-24(11(2)15(23)26)10-14-20-21-22-25(14)13-6-4-12(5-7-13)16(17,18)19/h4,6-7,11-12H,3,5,8-10H2,1-2H3. The van der Waals surface area contributed by atoms with Crippen LogP contribution in [0.15, 0.2) is 18.2 Å². The second kappa shape index (κ2) is 7.18. The third-order valence-corrected chi connectivity index (χ3v) is 4.88. The summed E-state index contributed by atoms with van der Waals surface area (Å²) in [5.41, 5.74) is 0.511. The zero-order valence-corrected chi connectivity index (χ0v) is 14.6.